The van der Waals surface area contributed by atoms with Crippen LogP contribution in [-0.4, -0.2) is 47.6 Å². The molecule has 0 aromatic carbocycles. The molecular formula is C15H26N2O3. The van der Waals surface area contributed by atoms with E-state index in [-0.39, 0.29) is 17.9 Å². The maximum Gasteiger partial charge on any atom is 0.249 e. The number of methoxy groups -OCH3 is 1. The zero-order valence-corrected chi connectivity index (χ0v) is 13.0. The molecule has 5 nitrogen and oxygen atoms in total. The molecule has 1 heterocycles. The molecule has 0 aromatic heterocycles. The summed E-state index contributed by atoms with van der Waals surface area (Å²) in [6, 6.07) is 0. The molecule has 114 valence electrons. The lowest BCUT2D eigenvalue weighted by atomic mass is 9.76. The molecule has 0 aromatic rings. The molecule has 1 atom stereocenters. The maximum absolute atomic E-state index is 13.0. The summed E-state index contributed by atoms with van der Waals surface area (Å²) < 4.78 is 5.28. The minimum absolute atomic E-state index is 0.0534. The van der Waals surface area contributed by atoms with Crippen LogP contribution < -0.4 is 5.32 Å². The lowest BCUT2D eigenvalue weighted by molar-refractivity contribution is -0.164. The first kappa shape index (κ1) is 15.3. The third-order valence-electron chi connectivity index (χ3n) is 4.79. The van der Waals surface area contributed by atoms with E-state index < -0.39 is 11.1 Å². The van der Waals surface area contributed by atoms with Gasteiger partial charge in [-0.2, -0.15) is 0 Å². The van der Waals surface area contributed by atoms with Crippen molar-refractivity contribution in [2.24, 2.45) is 0 Å². The van der Waals surface area contributed by atoms with Gasteiger partial charge >= 0.3 is 0 Å². The van der Waals surface area contributed by atoms with Gasteiger partial charge in [-0.3, -0.25) is 9.59 Å². The zero-order chi connectivity index (χ0) is 15.0. The summed E-state index contributed by atoms with van der Waals surface area (Å²) >= 11 is 0. The van der Waals surface area contributed by atoms with Gasteiger partial charge in [0.05, 0.1) is 6.10 Å². The molecule has 0 radical (unpaired) electrons. The molecular weight excluding hydrogens is 256 g/mol. The Morgan fingerprint density at radius 3 is 2.40 bits per heavy atom. The fourth-order valence-corrected chi connectivity index (χ4v) is 3.20. The standard InChI is InChI=1S/C15H26N2O3/c1-11(20-4)10-17-13(19)15(8-6-5-7-9-15)16-12(18)14(17,2)3/h11H,5-10H2,1-4H3,(H,16,18). The van der Waals surface area contributed by atoms with Crippen LogP contribution in [0.2, 0.25) is 0 Å². The van der Waals surface area contributed by atoms with E-state index in [1.165, 1.54) is 0 Å². The molecule has 1 saturated carbocycles. The van der Waals surface area contributed by atoms with Crippen LogP contribution in [0.4, 0.5) is 0 Å². The van der Waals surface area contributed by atoms with Crippen molar-refractivity contribution in [2.45, 2.75) is 70.1 Å². The first-order valence-electron chi connectivity index (χ1n) is 7.51. The SMILES string of the molecule is COC(C)CN1C(=O)C2(CCCCC2)NC(=O)C1(C)C. The van der Waals surface area contributed by atoms with Crippen molar-refractivity contribution in [1.29, 1.82) is 0 Å². The van der Waals surface area contributed by atoms with Crippen LogP contribution in [0.5, 0.6) is 0 Å². The smallest absolute Gasteiger partial charge is 0.249 e. The number of carbonyl (C=O) groups is 2. The van der Waals surface area contributed by atoms with E-state index in [1.54, 1.807) is 25.9 Å². The molecule has 2 fully saturated rings. The van der Waals surface area contributed by atoms with Gasteiger partial charge in [0.25, 0.3) is 0 Å². The number of carbonyl (C=O) groups excluding carboxylic acids is 2. The average molecular weight is 282 g/mol. The Labute approximate surface area is 121 Å². The summed E-state index contributed by atoms with van der Waals surface area (Å²) in [5, 5.41) is 3.02. The van der Waals surface area contributed by atoms with Gasteiger partial charge in [-0.1, -0.05) is 19.3 Å². The van der Waals surface area contributed by atoms with Gasteiger partial charge in [0, 0.05) is 13.7 Å². The number of piperazine rings is 1. The molecule has 1 spiro atoms. The molecule has 2 rings (SSSR count). The molecule has 1 saturated heterocycles. The van der Waals surface area contributed by atoms with Gasteiger partial charge in [-0.15, -0.1) is 0 Å². The normalized spacial score (nSPS) is 26.5. The van der Waals surface area contributed by atoms with Gasteiger partial charge in [-0.25, -0.2) is 0 Å². The average Bonchev–Trinajstić information content (AvgIpc) is 2.43. The Balaban J connectivity index is 2.29. The number of nitrogens with zero attached hydrogens (tertiary/aromatic N) is 1. The van der Waals surface area contributed by atoms with Crippen molar-refractivity contribution in [1.82, 2.24) is 10.2 Å². The molecule has 2 amide bonds. The van der Waals surface area contributed by atoms with Crippen LogP contribution in [0, 0.1) is 0 Å². The topological polar surface area (TPSA) is 58.6 Å². The summed E-state index contributed by atoms with van der Waals surface area (Å²) in [6.07, 6.45) is 4.57. The van der Waals surface area contributed by atoms with Crippen LogP contribution in [0.15, 0.2) is 0 Å². The maximum atomic E-state index is 13.0. The summed E-state index contributed by atoms with van der Waals surface area (Å²) in [6.45, 7) is 5.98. The predicted molar refractivity (Wildman–Crippen MR) is 76.2 cm³/mol. The number of rotatable bonds is 3. The van der Waals surface area contributed by atoms with Crippen molar-refractivity contribution < 1.29 is 14.3 Å². The van der Waals surface area contributed by atoms with Crippen molar-refractivity contribution in [3.63, 3.8) is 0 Å². The largest absolute Gasteiger partial charge is 0.380 e. The van der Waals surface area contributed by atoms with Gasteiger partial charge in [0.15, 0.2) is 0 Å². The molecule has 5 heteroatoms. The fourth-order valence-electron chi connectivity index (χ4n) is 3.20. The Morgan fingerprint density at radius 2 is 1.85 bits per heavy atom. The first-order chi connectivity index (χ1) is 9.33. The molecule has 1 unspecified atom stereocenters. The number of ether oxygens (including phenoxy) is 1. The highest BCUT2D eigenvalue weighted by Crippen LogP contribution is 2.36. The zero-order valence-electron chi connectivity index (χ0n) is 13.0. The quantitative estimate of drug-likeness (QED) is 0.852. The van der Waals surface area contributed by atoms with Crippen molar-refractivity contribution in [3.05, 3.63) is 0 Å². The van der Waals surface area contributed by atoms with Crippen LogP contribution in [0.25, 0.3) is 0 Å². The number of nitrogens with one attached hydrogen (secondary N) is 1. The Kier molecular flexibility index (Phi) is 4.09. The minimum atomic E-state index is -0.813. The Hall–Kier alpha value is -1.10. The molecule has 1 aliphatic carbocycles. The number of amides is 2. The highest BCUT2D eigenvalue weighted by molar-refractivity contribution is 6.02. The monoisotopic (exact) mass is 282 g/mol. The molecule has 20 heavy (non-hydrogen) atoms. The Bertz CT molecular complexity index is 400. The molecule has 0 bridgehead atoms. The van der Waals surface area contributed by atoms with E-state index in [0.717, 1.165) is 32.1 Å². The van der Waals surface area contributed by atoms with Crippen LogP contribution in [0.3, 0.4) is 0 Å². The van der Waals surface area contributed by atoms with Crippen LogP contribution >= 0.6 is 0 Å². The highest BCUT2D eigenvalue weighted by atomic mass is 16.5. The number of hydrogen-bond donors (Lipinski definition) is 1. The van der Waals surface area contributed by atoms with Gasteiger partial charge in [0.2, 0.25) is 11.8 Å². The van der Waals surface area contributed by atoms with Crippen molar-refractivity contribution >= 4 is 11.8 Å². The summed E-state index contributed by atoms with van der Waals surface area (Å²) in [4.78, 5) is 27.2. The third-order valence-corrected chi connectivity index (χ3v) is 4.79. The van der Waals surface area contributed by atoms with E-state index in [4.69, 9.17) is 4.74 Å². The lowest BCUT2D eigenvalue weighted by Crippen LogP contribution is -2.75. The van der Waals surface area contributed by atoms with E-state index in [0.29, 0.717) is 6.54 Å². The van der Waals surface area contributed by atoms with Gasteiger partial charge in [-0.05, 0) is 33.6 Å². The summed E-state index contributed by atoms with van der Waals surface area (Å²) in [7, 11) is 1.63. The third kappa shape index (κ3) is 2.43. The molecule has 1 aliphatic heterocycles. The van der Waals surface area contributed by atoms with E-state index in [9.17, 15) is 9.59 Å². The molecule has 2 aliphatic rings. The van der Waals surface area contributed by atoms with E-state index in [2.05, 4.69) is 5.32 Å². The first-order valence-corrected chi connectivity index (χ1v) is 7.51. The highest BCUT2D eigenvalue weighted by Gasteiger charge is 2.54. The fraction of sp³-hybridized carbons (Fsp3) is 0.867. The second-order valence-electron chi connectivity index (χ2n) is 6.62. The van der Waals surface area contributed by atoms with Crippen molar-refractivity contribution in [3.8, 4) is 0 Å². The minimum Gasteiger partial charge on any atom is -0.380 e. The second kappa shape index (κ2) is 5.35. The summed E-state index contributed by atoms with van der Waals surface area (Å²) in [5.74, 6) is 0.00741. The lowest BCUT2D eigenvalue weighted by Gasteiger charge is -2.51. The van der Waals surface area contributed by atoms with E-state index >= 15 is 0 Å². The van der Waals surface area contributed by atoms with E-state index in [1.807, 2.05) is 6.92 Å². The van der Waals surface area contributed by atoms with Gasteiger partial charge in [0.1, 0.15) is 11.1 Å². The van der Waals surface area contributed by atoms with Crippen molar-refractivity contribution in [2.75, 3.05) is 13.7 Å². The Morgan fingerprint density at radius 1 is 1.25 bits per heavy atom. The summed E-state index contributed by atoms with van der Waals surface area (Å²) in [5.41, 5.74) is -1.48. The van der Waals surface area contributed by atoms with Gasteiger partial charge < -0.3 is 15.0 Å². The van der Waals surface area contributed by atoms with Crippen LogP contribution in [-0.2, 0) is 14.3 Å². The second-order valence-corrected chi connectivity index (χ2v) is 6.62. The number of hydrogen-bond acceptors (Lipinski definition) is 3. The van der Waals surface area contributed by atoms with Crippen LogP contribution in [0.1, 0.15) is 52.9 Å². The predicted octanol–water partition coefficient (Wildman–Crippen LogP) is 1.46. The molecule has 1 N–H and O–H groups in total.